The first-order chi connectivity index (χ1) is 7.38. The Balaban J connectivity index is 2.91. The van der Waals surface area contributed by atoms with Crippen LogP contribution in [-0.4, -0.2) is 19.7 Å². The maximum absolute atomic E-state index is 11.6. The van der Waals surface area contributed by atoms with Gasteiger partial charge in [0.05, 0.1) is 5.39 Å². The molecule has 0 spiro atoms. The minimum absolute atomic E-state index is 0.0376. The van der Waals surface area contributed by atoms with Crippen LogP contribution >= 0.6 is 27.3 Å². The van der Waals surface area contributed by atoms with E-state index < -0.39 is 9.84 Å². The highest BCUT2D eigenvalue weighted by Gasteiger charge is 2.12. The van der Waals surface area contributed by atoms with E-state index in [9.17, 15) is 13.2 Å². The molecule has 0 amide bonds. The van der Waals surface area contributed by atoms with Gasteiger partial charge < -0.3 is 0 Å². The molecular formula is C9H6BrNO3S2. The van der Waals surface area contributed by atoms with Crippen molar-refractivity contribution in [2.45, 2.75) is 4.21 Å². The van der Waals surface area contributed by atoms with Crippen molar-refractivity contribution in [3.8, 4) is 0 Å². The molecule has 7 heteroatoms. The Hall–Kier alpha value is -0.790. The highest BCUT2D eigenvalue weighted by atomic mass is 79.9. The smallest absolute Gasteiger partial charge is 0.190 e. The van der Waals surface area contributed by atoms with Gasteiger partial charge in [0.25, 0.3) is 0 Å². The third kappa shape index (κ3) is 2.16. The minimum atomic E-state index is -3.37. The van der Waals surface area contributed by atoms with Crippen LogP contribution in [0.1, 0.15) is 0 Å². The zero-order valence-corrected chi connectivity index (χ0v) is 11.3. The zero-order valence-electron chi connectivity index (χ0n) is 8.10. The molecule has 0 radical (unpaired) electrons. The molecule has 0 aromatic carbocycles. The molecule has 84 valence electrons. The van der Waals surface area contributed by atoms with E-state index in [0.717, 1.165) is 23.7 Å². The molecule has 4 nitrogen and oxygen atoms in total. The fourth-order valence-corrected chi connectivity index (χ4v) is 3.54. The van der Waals surface area contributed by atoms with Gasteiger partial charge in [-0.3, -0.25) is 4.79 Å². The molecule has 2 aromatic heterocycles. The molecule has 0 unspecified atom stereocenters. The molecule has 2 heterocycles. The summed E-state index contributed by atoms with van der Waals surface area (Å²) in [6.45, 7) is 0. The quantitative estimate of drug-likeness (QED) is 0.752. The number of rotatable bonds is 1. The van der Waals surface area contributed by atoms with Gasteiger partial charge in [-0.05, 0) is 28.1 Å². The van der Waals surface area contributed by atoms with Crippen LogP contribution in [0.5, 0.6) is 0 Å². The van der Waals surface area contributed by atoms with Gasteiger partial charge in [-0.15, -0.1) is 11.3 Å². The second-order valence-corrected chi connectivity index (χ2v) is 7.27. The van der Waals surface area contributed by atoms with Crippen LogP contribution in [0.25, 0.3) is 10.2 Å². The number of pyridine rings is 1. The Morgan fingerprint density at radius 2 is 2.06 bits per heavy atom. The van der Waals surface area contributed by atoms with Gasteiger partial charge in [-0.2, -0.15) is 0 Å². The SMILES string of the molecule is CS(=O)(=O)c1cc(=O)c2ccc(Br)nc2s1. The number of halogens is 1. The van der Waals surface area contributed by atoms with Crippen molar-refractivity contribution in [1.29, 1.82) is 0 Å². The lowest BCUT2D eigenvalue weighted by Gasteiger charge is -1.99. The van der Waals surface area contributed by atoms with E-state index in [1.54, 1.807) is 12.1 Å². The van der Waals surface area contributed by atoms with E-state index in [-0.39, 0.29) is 9.64 Å². The molecule has 0 aliphatic heterocycles. The predicted octanol–water partition coefficient (Wildman–Crippen LogP) is 1.82. The van der Waals surface area contributed by atoms with Crippen LogP contribution in [0.3, 0.4) is 0 Å². The molecule has 0 saturated heterocycles. The normalized spacial score (nSPS) is 11.9. The molecule has 0 aliphatic carbocycles. The summed E-state index contributed by atoms with van der Waals surface area (Å²) in [5.74, 6) is 0. The fraction of sp³-hybridized carbons (Fsp3) is 0.111. The lowest BCUT2D eigenvalue weighted by molar-refractivity contribution is 0.603. The van der Waals surface area contributed by atoms with E-state index in [1.165, 1.54) is 0 Å². The minimum Gasteiger partial charge on any atom is -0.289 e. The van der Waals surface area contributed by atoms with Crippen LogP contribution < -0.4 is 5.43 Å². The summed E-state index contributed by atoms with van der Waals surface area (Å²) in [5, 5.41) is 0.431. The molecule has 0 saturated carbocycles. The average Bonchev–Trinajstić information content (AvgIpc) is 2.15. The summed E-state index contributed by atoms with van der Waals surface area (Å²) in [7, 11) is -3.37. The van der Waals surface area contributed by atoms with E-state index in [4.69, 9.17) is 0 Å². The van der Waals surface area contributed by atoms with Crippen LogP contribution in [0, 0.1) is 0 Å². The number of hydrogen-bond acceptors (Lipinski definition) is 5. The van der Waals surface area contributed by atoms with Gasteiger partial charge in [0, 0.05) is 12.3 Å². The Morgan fingerprint density at radius 1 is 1.38 bits per heavy atom. The molecule has 0 aliphatic rings. The highest BCUT2D eigenvalue weighted by Crippen LogP contribution is 2.22. The van der Waals surface area contributed by atoms with Crippen molar-refractivity contribution in [2.24, 2.45) is 0 Å². The molecular weight excluding hydrogens is 314 g/mol. The predicted molar refractivity (Wildman–Crippen MR) is 66.7 cm³/mol. The fourth-order valence-electron chi connectivity index (χ4n) is 1.18. The van der Waals surface area contributed by atoms with Gasteiger partial charge in [-0.1, -0.05) is 0 Å². The van der Waals surface area contributed by atoms with Gasteiger partial charge in [0.15, 0.2) is 15.3 Å². The number of sulfone groups is 1. The summed E-state index contributed by atoms with van der Waals surface area (Å²) in [4.78, 5) is 16.1. The molecule has 0 atom stereocenters. The van der Waals surface area contributed by atoms with Gasteiger partial charge >= 0.3 is 0 Å². The Morgan fingerprint density at radius 3 is 2.69 bits per heavy atom. The topological polar surface area (TPSA) is 64.1 Å². The second kappa shape index (κ2) is 3.90. The van der Waals surface area contributed by atoms with Crippen LogP contribution in [0.4, 0.5) is 0 Å². The third-order valence-corrected chi connectivity index (χ3v) is 5.18. The van der Waals surface area contributed by atoms with Gasteiger partial charge in [0.1, 0.15) is 13.6 Å². The van der Waals surface area contributed by atoms with Crippen LogP contribution in [-0.2, 0) is 9.84 Å². The van der Waals surface area contributed by atoms with Crippen LogP contribution in [0.2, 0.25) is 0 Å². The lowest BCUT2D eigenvalue weighted by atomic mass is 10.3. The Kier molecular flexibility index (Phi) is 2.85. The molecule has 16 heavy (non-hydrogen) atoms. The number of fused-ring (bicyclic) bond motifs is 1. The number of aromatic nitrogens is 1. The number of hydrogen-bond donors (Lipinski definition) is 0. The molecule has 2 rings (SSSR count). The number of nitrogens with zero attached hydrogens (tertiary/aromatic N) is 1. The summed E-state index contributed by atoms with van der Waals surface area (Å²) in [6, 6.07) is 4.41. The summed E-state index contributed by atoms with van der Waals surface area (Å²) >= 11 is 4.17. The third-order valence-electron chi connectivity index (χ3n) is 1.90. The Labute approximate surface area is 104 Å². The second-order valence-electron chi connectivity index (χ2n) is 3.19. The maximum atomic E-state index is 11.6. The largest absolute Gasteiger partial charge is 0.289 e. The van der Waals surface area contributed by atoms with Crippen molar-refractivity contribution in [3.05, 3.63) is 33.0 Å². The van der Waals surface area contributed by atoms with E-state index in [0.29, 0.717) is 14.8 Å². The van der Waals surface area contributed by atoms with Crippen molar-refractivity contribution < 1.29 is 8.42 Å². The first-order valence-electron chi connectivity index (χ1n) is 4.18. The maximum Gasteiger partial charge on any atom is 0.190 e. The highest BCUT2D eigenvalue weighted by molar-refractivity contribution is 9.10. The van der Waals surface area contributed by atoms with Crippen LogP contribution in [0.15, 0.2) is 31.8 Å². The van der Waals surface area contributed by atoms with E-state index >= 15 is 0 Å². The van der Waals surface area contributed by atoms with Gasteiger partial charge in [-0.25, -0.2) is 13.4 Å². The van der Waals surface area contributed by atoms with E-state index in [1.807, 2.05) is 0 Å². The first kappa shape index (κ1) is 11.7. The summed E-state index contributed by atoms with van der Waals surface area (Å²) in [5.41, 5.74) is -0.325. The van der Waals surface area contributed by atoms with Crippen molar-refractivity contribution in [3.63, 3.8) is 0 Å². The summed E-state index contributed by atoms with van der Waals surface area (Å²) in [6.07, 6.45) is 1.07. The van der Waals surface area contributed by atoms with E-state index in [2.05, 4.69) is 20.9 Å². The van der Waals surface area contributed by atoms with Crippen molar-refractivity contribution >= 4 is 47.3 Å². The van der Waals surface area contributed by atoms with Crippen molar-refractivity contribution in [1.82, 2.24) is 4.98 Å². The van der Waals surface area contributed by atoms with Gasteiger partial charge in [0.2, 0.25) is 0 Å². The zero-order chi connectivity index (χ0) is 11.9. The lowest BCUT2D eigenvalue weighted by Crippen LogP contribution is -2.05. The Bertz CT molecular complexity index is 721. The van der Waals surface area contributed by atoms with Crippen molar-refractivity contribution in [2.75, 3.05) is 6.26 Å². The standard InChI is InChI=1S/C9H6BrNO3S2/c1-16(13,14)8-4-6(12)5-2-3-7(10)11-9(5)15-8/h2-4H,1H3. The first-order valence-corrected chi connectivity index (χ1v) is 7.68. The molecule has 0 fully saturated rings. The molecule has 0 bridgehead atoms. The summed E-state index contributed by atoms with van der Waals surface area (Å²) < 4.78 is 23.3. The monoisotopic (exact) mass is 319 g/mol. The molecule has 0 N–H and O–H groups in total. The average molecular weight is 320 g/mol. The molecule has 2 aromatic rings.